The maximum Gasteiger partial charge on any atom is 0.122 e. The molecule has 15 N–H and O–H groups in total. The van der Waals surface area contributed by atoms with Gasteiger partial charge in [-0.1, -0.05) is 425 Å². The Kier molecular flexibility index (Phi) is 28.7. The lowest BCUT2D eigenvalue weighted by molar-refractivity contribution is 0.447. The fourth-order valence-electron chi connectivity index (χ4n) is 20.3. The van der Waals surface area contributed by atoms with Gasteiger partial charge in [0.05, 0.1) is 21.7 Å². The number of hydrogen-bond acceptors (Lipinski definition) is 10. The van der Waals surface area contributed by atoms with Crippen molar-refractivity contribution in [1.82, 2.24) is 5.32 Å². The summed E-state index contributed by atoms with van der Waals surface area (Å²) in [4.78, 5) is 2.15. The number of aryl methyl sites for hydroxylation is 2. The summed E-state index contributed by atoms with van der Waals surface area (Å²) in [6.07, 6.45) is 0. The molecule has 688 valence electrons. The fraction of sp³-hybridized carbons (Fsp3) is 0.0769. The van der Waals surface area contributed by atoms with Gasteiger partial charge < -0.3 is 54.8 Å². The van der Waals surface area contributed by atoms with Crippen LogP contribution in [-0.4, -0.2) is 31.4 Å². The summed E-state index contributed by atoms with van der Waals surface area (Å²) in [5.41, 5.74) is 69.6. The highest BCUT2D eigenvalue weighted by atomic mass is 16.3. The quantitative estimate of drug-likeness (QED) is 0.0218. The van der Waals surface area contributed by atoms with E-state index in [0.29, 0.717) is 22.5 Å². The highest BCUT2D eigenvalue weighted by molar-refractivity contribution is 5.76. The number of anilines is 7. The van der Waals surface area contributed by atoms with Crippen LogP contribution >= 0.6 is 0 Å². The first-order valence-corrected chi connectivity index (χ1v) is 47.3. The number of nitrogens with zero attached hydrogens (tertiary/aromatic N) is 1. The number of phenols is 2. The third-order valence-corrected chi connectivity index (χ3v) is 27.0. The summed E-state index contributed by atoms with van der Waals surface area (Å²) in [5.74, 6) is 0.0782. The van der Waals surface area contributed by atoms with Crippen LogP contribution in [0.4, 0.5) is 39.8 Å². The van der Waals surface area contributed by atoms with E-state index in [2.05, 4.69) is 402 Å². The molecule has 10 nitrogen and oxygen atoms in total. The Morgan fingerprint density at radius 1 is 0.207 bits per heavy atom. The predicted molar refractivity (Wildman–Crippen MR) is 587 cm³/mol. The molecule has 20 aromatic carbocycles. The van der Waals surface area contributed by atoms with E-state index < -0.39 is 21.7 Å². The number of nitrogens with one attached hydrogen (secondary N) is 1. The Morgan fingerprint density at radius 2 is 0.400 bits per heavy atom. The lowest BCUT2D eigenvalue weighted by atomic mass is 9.63. The van der Waals surface area contributed by atoms with Gasteiger partial charge in [0, 0.05) is 83.7 Å². The molecule has 0 spiro atoms. The number of phenolic OH excluding ortho intramolecular Hbond substituents is 2. The number of hydrogen-bond donors (Lipinski definition) is 9. The van der Waals surface area contributed by atoms with Gasteiger partial charge in [-0.15, -0.1) is 0 Å². The first-order valence-electron chi connectivity index (χ1n) is 47.3. The highest BCUT2D eigenvalue weighted by Crippen LogP contribution is 2.54. The highest BCUT2D eigenvalue weighted by Gasteiger charge is 2.45. The fourth-order valence-corrected chi connectivity index (χ4v) is 20.3. The van der Waals surface area contributed by atoms with E-state index in [9.17, 15) is 10.2 Å². The molecule has 0 aliphatic carbocycles. The largest absolute Gasteiger partial charge is 0.508 e. The van der Waals surface area contributed by atoms with Crippen LogP contribution in [0.3, 0.4) is 0 Å². The van der Waals surface area contributed by atoms with Gasteiger partial charge in [0.15, 0.2) is 0 Å². The molecule has 10 heteroatoms. The van der Waals surface area contributed by atoms with Crippen LogP contribution in [0.2, 0.25) is 0 Å². The van der Waals surface area contributed by atoms with Gasteiger partial charge in [-0.05, 0) is 233 Å². The van der Waals surface area contributed by atoms with Crippen molar-refractivity contribution >= 4 is 39.8 Å². The van der Waals surface area contributed by atoms with Crippen LogP contribution in [0.25, 0.3) is 44.5 Å². The van der Waals surface area contributed by atoms with E-state index in [4.69, 9.17) is 34.4 Å². The molecule has 0 radical (unpaired) electrons. The molecule has 0 saturated carbocycles. The van der Waals surface area contributed by atoms with Gasteiger partial charge >= 0.3 is 0 Å². The third-order valence-electron chi connectivity index (χ3n) is 27.0. The first kappa shape index (κ1) is 94.3. The predicted octanol–water partition coefficient (Wildman–Crippen LogP) is 28.3. The lowest BCUT2D eigenvalue weighted by Gasteiger charge is -2.39. The monoisotopic (exact) mass is 1820 g/mol. The van der Waals surface area contributed by atoms with Gasteiger partial charge in [-0.25, -0.2) is 0 Å². The minimum atomic E-state index is -1.04. The van der Waals surface area contributed by atoms with Crippen LogP contribution in [0, 0.1) is 13.8 Å². The number of nitrogens with two attached hydrogens (primary N) is 6. The molecule has 0 fully saturated rings. The first-order chi connectivity index (χ1) is 68.3. The number of nitrogen functional groups attached to an aromatic ring is 6. The van der Waals surface area contributed by atoms with E-state index in [1.54, 1.807) is 24.3 Å². The molecule has 0 heterocycles. The Labute approximate surface area is 823 Å². The lowest BCUT2D eigenvalue weighted by Crippen LogP contribution is -2.32. The van der Waals surface area contributed by atoms with Gasteiger partial charge in [0.2, 0.25) is 0 Å². The van der Waals surface area contributed by atoms with Crippen molar-refractivity contribution < 1.29 is 10.2 Å². The Hall–Kier alpha value is -17.4. The average Bonchev–Trinajstić information content (AvgIpc) is 0.723. The Bertz CT molecular complexity index is 7080. The van der Waals surface area contributed by atoms with Crippen LogP contribution in [0.5, 0.6) is 11.5 Å². The third kappa shape index (κ3) is 19.5. The van der Waals surface area contributed by atoms with Crippen molar-refractivity contribution in [3.05, 3.63) is 615 Å². The minimum absolute atomic E-state index is 0.0391. The van der Waals surface area contributed by atoms with Gasteiger partial charge in [0.1, 0.15) is 11.5 Å². The molecular weight excluding hydrogens is 1710 g/mol. The van der Waals surface area contributed by atoms with Crippen molar-refractivity contribution in [2.24, 2.45) is 0 Å². The Morgan fingerprint density at radius 3 is 0.650 bits per heavy atom. The van der Waals surface area contributed by atoms with Crippen molar-refractivity contribution in [2.75, 3.05) is 60.4 Å². The minimum Gasteiger partial charge on any atom is -0.508 e. The maximum absolute atomic E-state index is 11.2. The van der Waals surface area contributed by atoms with Crippen LogP contribution in [-0.2, 0) is 28.2 Å². The second kappa shape index (κ2) is 42.6. The van der Waals surface area contributed by atoms with E-state index in [0.717, 1.165) is 73.8 Å². The topological polar surface area (TPSA) is 212 Å². The Balaban J connectivity index is 0.000000129. The SMILES string of the molecule is CNCc1ccc(C(c2ccccc2)(c2ccc(-c3ccccc3)cc2)c2ccc(N(C)C)cc2)cc1.Cc1cc(N)ccc1C(c1ccccc1)(c1ccc(-c2ccccc2)cc1)c1ccc(N)cc1C.Nc1ccc(C(c2ccccc2)(c2ccc(-c3ccccc3)cc2)c2ccc(N)cc2O)c(O)c1.Nc1ccc(C(c2ccccc2)(c2ccc(N)cc2)c2ccc(-c3ccccc3)cc2)cc1. The standard InChI is InChI=1S/C35H34N2.C33H30N2.C31H26N2O2.C31H26N2/c1-36-26-27-14-18-31(19-15-27)35(30-12-8-5-9-13-30,33-22-24-34(25-23-33)37(2)3)32-20-16-29(17-21-32)28-10-6-4-7-11-28;1-23-21-29(34)17-19-31(23)33(27-11-7-4-8-12-27,32-20-18-30(35)22-24(32)2)28-15-13-26(14-16-28)25-9-5-3-6-10-25;32-25-15-17-27(29(34)19-25)31(23-9-5-2-6-10-23,28-18-16-26(33)20-30(28)35)24-13-11-22(12-14-24)21-7-3-1-4-8-21;32-29-19-15-27(16-20-29)31(25-9-5-2-6-10-25,28-17-21-30(33)22-18-28)26-13-11-24(12-14-26)23-7-3-1-4-8-23/h4-25,36H,26H2,1-3H3;3-22H,34-35H2,1-2H3;1-20,34-35H,32-33H2;1-22H,32-33H2. The van der Waals surface area contributed by atoms with E-state index in [1.807, 2.05) is 128 Å². The molecule has 0 bridgehead atoms. The van der Waals surface area contributed by atoms with Gasteiger partial charge in [-0.2, -0.15) is 0 Å². The number of rotatable bonds is 23. The molecule has 0 aromatic heterocycles. The molecule has 0 aliphatic heterocycles. The molecule has 140 heavy (non-hydrogen) atoms. The average molecular weight is 1820 g/mol. The zero-order chi connectivity index (χ0) is 97.2. The van der Waals surface area contributed by atoms with E-state index in [-0.39, 0.29) is 11.5 Å². The molecule has 1 atom stereocenters. The molecule has 20 rings (SSSR count). The van der Waals surface area contributed by atoms with Crippen LogP contribution < -0.4 is 44.6 Å². The molecule has 0 aliphatic rings. The molecule has 20 aromatic rings. The summed E-state index contributed by atoms with van der Waals surface area (Å²) in [6, 6.07) is 176. The number of aromatic hydroxyl groups is 2. The van der Waals surface area contributed by atoms with Crippen molar-refractivity contribution in [2.45, 2.75) is 42.1 Å². The summed E-state index contributed by atoms with van der Waals surface area (Å²) < 4.78 is 0. The second-order valence-corrected chi connectivity index (χ2v) is 35.9. The van der Waals surface area contributed by atoms with Crippen molar-refractivity contribution in [1.29, 1.82) is 0 Å². The molecular formula is C130H116N8O2. The number of benzene rings is 20. The van der Waals surface area contributed by atoms with E-state index >= 15 is 0 Å². The van der Waals surface area contributed by atoms with Gasteiger partial charge in [0.25, 0.3) is 0 Å². The van der Waals surface area contributed by atoms with Crippen LogP contribution in [0.15, 0.2) is 510 Å². The summed E-state index contributed by atoms with van der Waals surface area (Å²) >= 11 is 0. The zero-order valence-corrected chi connectivity index (χ0v) is 79.5. The van der Waals surface area contributed by atoms with Crippen molar-refractivity contribution in [3.63, 3.8) is 0 Å². The molecule has 0 saturated heterocycles. The van der Waals surface area contributed by atoms with Crippen LogP contribution in [0.1, 0.15) is 106 Å². The van der Waals surface area contributed by atoms with Gasteiger partial charge in [-0.3, -0.25) is 0 Å². The maximum atomic E-state index is 11.2. The van der Waals surface area contributed by atoms with E-state index in [1.165, 1.54) is 100 Å². The molecule has 1 unspecified atom stereocenters. The normalized spacial score (nSPS) is 11.7. The second-order valence-electron chi connectivity index (χ2n) is 35.9. The zero-order valence-electron chi connectivity index (χ0n) is 79.5. The molecule has 0 amide bonds. The summed E-state index contributed by atoms with van der Waals surface area (Å²) in [7, 11) is 6.16. The van der Waals surface area contributed by atoms with Crippen molar-refractivity contribution in [3.8, 4) is 56.0 Å². The summed E-state index contributed by atoms with van der Waals surface area (Å²) in [5, 5.41) is 25.7. The summed E-state index contributed by atoms with van der Waals surface area (Å²) in [6.45, 7) is 5.14. The smallest absolute Gasteiger partial charge is 0.122 e.